The van der Waals surface area contributed by atoms with Gasteiger partial charge in [-0.25, -0.2) is 0 Å². The number of para-hydroxylation sites is 1. The summed E-state index contributed by atoms with van der Waals surface area (Å²) < 4.78 is 0. The third-order valence-corrected chi connectivity index (χ3v) is 3.57. The molecule has 23 heavy (non-hydrogen) atoms. The highest BCUT2D eigenvalue weighted by atomic mass is 16.1. The van der Waals surface area contributed by atoms with Crippen molar-refractivity contribution in [2.24, 2.45) is 0 Å². The quantitative estimate of drug-likeness (QED) is 0.798. The van der Waals surface area contributed by atoms with E-state index >= 15 is 0 Å². The maximum absolute atomic E-state index is 12.2. The first kappa shape index (κ1) is 17.0. The predicted octanol–water partition coefficient (Wildman–Crippen LogP) is 2.53. The summed E-state index contributed by atoms with van der Waals surface area (Å²) in [6, 6.07) is 13.7. The zero-order valence-corrected chi connectivity index (χ0v) is 14.0. The largest absolute Gasteiger partial charge is 0.351 e. The molecule has 0 radical (unpaired) electrons. The minimum absolute atomic E-state index is 0.132. The van der Waals surface area contributed by atoms with Crippen LogP contribution in [0.1, 0.15) is 16.9 Å². The van der Waals surface area contributed by atoms with E-state index in [2.05, 4.69) is 15.2 Å². The molecule has 2 aromatic rings. The van der Waals surface area contributed by atoms with Crippen LogP contribution >= 0.6 is 0 Å². The van der Waals surface area contributed by atoms with E-state index in [1.54, 1.807) is 6.20 Å². The monoisotopic (exact) mass is 312 g/mol. The Balaban J connectivity index is 2.00. The van der Waals surface area contributed by atoms with Crippen molar-refractivity contribution in [1.82, 2.24) is 15.2 Å². The second-order valence-electron chi connectivity index (χ2n) is 5.71. The first-order chi connectivity index (χ1) is 11.1. The SMILES string of the molecule is CN(C)CCCNC(=O)c1cc(N(C)c2ccccc2)ccn1. The van der Waals surface area contributed by atoms with Crippen LogP contribution in [0.3, 0.4) is 0 Å². The summed E-state index contributed by atoms with van der Waals surface area (Å²) in [6.45, 7) is 1.60. The van der Waals surface area contributed by atoms with Crippen LogP contribution in [0.15, 0.2) is 48.7 Å². The molecule has 122 valence electrons. The second-order valence-corrected chi connectivity index (χ2v) is 5.71. The molecule has 1 heterocycles. The van der Waals surface area contributed by atoms with Crippen molar-refractivity contribution in [1.29, 1.82) is 0 Å². The van der Waals surface area contributed by atoms with Gasteiger partial charge in [0.05, 0.1) is 0 Å². The number of aromatic nitrogens is 1. The average Bonchev–Trinajstić information content (AvgIpc) is 2.58. The van der Waals surface area contributed by atoms with Gasteiger partial charge in [-0.05, 0) is 51.3 Å². The third-order valence-electron chi connectivity index (χ3n) is 3.57. The van der Waals surface area contributed by atoms with Crippen LogP contribution in [-0.2, 0) is 0 Å². The van der Waals surface area contributed by atoms with Gasteiger partial charge in [-0.15, -0.1) is 0 Å². The molecule has 0 spiro atoms. The Morgan fingerprint density at radius 3 is 2.52 bits per heavy atom. The maximum atomic E-state index is 12.2. The number of amides is 1. The van der Waals surface area contributed by atoms with Gasteiger partial charge in [-0.1, -0.05) is 18.2 Å². The van der Waals surface area contributed by atoms with Crippen molar-refractivity contribution in [3.8, 4) is 0 Å². The molecule has 1 N–H and O–H groups in total. The Morgan fingerprint density at radius 2 is 1.83 bits per heavy atom. The lowest BCUT2D eigenvalue weighted by Gasteiger charge is -2.19. The molecule has 0 aliphatic rings. The van der Waals surface area contributed by atoms with Crippen LogP contribution < -0.4 is 10.2 Å². The van der Waals surface area contributed by atoms with Crippen LogP contribution in [0, 0.1) is 0 Å². The van der Waals surface area contributed by atoms with E-state index in [-0.39, 0.29) is 5.91 Å². The average molecular weight is 312 g/mol. The summed E-state index contributed by atoms with van der Waals surface area (Å²) in [4.78, 5) is 20.5. The fourth-order valence-corrected chi connectivity index (χ4v) is 2.24. The molecular weight excluding hydrogens is 288 g/mol. The van der Waals surface area contributed by atoms with E-state index in [1.165, 1.54) is 0 Å². The molecule has 2 rings (SSSR count). The van der Waals surface area contributed by atoms with Gasteiger partial charge in [0, 0.05) is 31.2 Å². The summed E-state index contributed by atoms with van der Waals surface area (Å²) in [6.07, 6.45) is 2.59. The number of nitrogens with zero attached hydrogens (tertiary/aromatic N) is 3. The highest BCUT2D eigenvalue weighted by Crippen LogP contribution is 2.22. The van der Waals surface area contributed by atoms with Crippen LogP contribution in [-0.4, -0.2) is 50.0 Å². The van der Waals surface area contributed by atoms with Gasteiger partial charge < -0.3 is 15.1 Å². The topological polar surface area (TPSA) is 48.5 Å². The molecule has 1 amide bonds. The maximum Gasteiger partial charge on any atom is 0.269 e. The van der Waals surface area contributed by atoms with Gasteiger partial charge in [-0.2, -0.15) is 0 Å². The highest BCUT2D eigenvalue weighted by molar-refractivity contribution is 5.93. The van der Waals surface area contributed by atoms with E-state index in [1.807, 2.05) is 68.5 Å². The van der Waals surface area contributed by atoms with Crippen LogP contribution in [0.2, 0.25) is 0 Å². The number of carbonyl (C=O) groups is 1. The van der Waals surface area contributed by atoms with Crippen LogP contribution in [0.4, 0.5) is 11.4 Å². The zero-order chi connectivity index (χ0) is 16.7. The van der Waals surface area contributed by atoms with E-state index in [0.29, 0.717) is 12.2 Å². The van der Waals surface area contributed by atoms with Gasteiger partial charge in [-0.3, -0.25) is 9.78 Å². The summed E-state index contributed by atoms with van der Waals surface area (Å²) in [5.41, 5.74) is 2.44. The molecule has 0 saturated carbocycles. The Bertz CT molecular complexity index is 628. The molecule has 5 nitrogen and oxygen atoms in total. The molecule has 0 fully saturated rings. The summed E-state index contributed by atoms with van der Waals surface area (Å²) in [7, 11) is 6.02. The number of carbonyl (C=O) groups excluding carboxylic acids is 1. The molecule has 0 saturated heterocycles. The summed E-state index contributed by atoms with van der Waals surface area (Å²) in [5, 5.41) is 2.91. The number of hydrogen-bond acceptors (Lipinski definition) is 4. The number of benzene rings is 1. The molecule has 0 unspecified atom stereocenters. The van der Waals surface area contributed by atoms with Crippen molar-refractivity contribution in [3.63, 3.8) is 0 Å². The van der Waals surface area contributed by atoms with Crippen LogP contribution in [0.5, 0.6) is 0 Å². The normalized spacial score (nSPS) is 10.6. The zero-order valence-electron chi connectivity index (χ0n) is 14.0. The van der Waals surface area contributed by atoms with Gasteiger partial charge in [0.25, 0.3) is 5.91 Å². The molecular formula is C18H24N4O. The van der Waals surface area contributed by atoms with Gasteiger partial charge in [0.2, 0.25) is 0 Å². The minimum atomic E-state index is -0.132. The minimum Gasteiger partial charge on any atom is -0.351 e. The van der Waals surface area contributed by atoms with Gasteiger partial charge in [0.1, 0.15) is 5.69 Å². The van der Waals surface area contributed by atoms with Crippen molar-refractivity contribution in [2.75, 3.05) is 39.1 Å². The van der Waals surface area contributed by atoms with Crippen molar-refractivity contribution in [3.05, 3.63) is 54.4 Å². The first-order valence-corrected chi connectivity index (χ1v) is 7.75. The molecule has 0 atom stereocenters. The molecule has 5 heteroatoms. The summed E-state index contributed by atoms with van der Waals surface area (Å²) in [5.74, 6) is -0.132. The van der Waals surface area contributed by atoms with E-state index < -0.39 is 0 Å². The summed E-state index contributed by atoms with van der Waals surface area (Å²) >= 11 is 0. The first-order valence-electron chi connectivity index (χ1n) is 7.75. The number of anilines is 2. The Morgan fingerprint density at radius 1 is 1.09 bits per heavy atom. The van der Waals surface area contributed by atoms with Gasteiger partial charge in [0.15, 0.2) is 0 Å². The van der Waals surface area contributed by atoms with Crippen molar-refractivity contribution in [2.45, 2.75) is 6.42 Å². The third kappa shape index (κ3) is 5.07. The number of nitrogens with one attached hydrogen (secondary N) is 1. The van der Waals surface area contributed by atoms with E-state index in [0.717, 1.165) is 24.3 Å². The highest BCUT2D eigenvalue weighted by Gasteiger charge is 2.10. The van der Waals surface area contributed by atoms with E-state index in [4.69, 9.17) is 0 Å². The lowest BCUT2D eigenvalue weighted by Crippen LogP contribution is -2.28. The van der Waals surface area contributed by atoms with E-state index in [9.17, 15) is 4.79 Å². The van der Waals surface area contributed by atoms with Crippen molar-refractivity contribution < 1.29 is 4.79 Å². The molecule has 0 aliphatic carbocycles. The Hall–Kier alpha value is -2.40. The standard InChI is InChI=1S/C18H24N4O/c1-21(2)13-7-11-20-18(23)17-14-16(10-12-19-17)22(3)15-8-5-4-6-9-15/h4-6,8-10,12,14H,7,11,13H2,1-3H3,(H,20,23). The smallest absolute Gasteiger partial charge is 0.269 e. The van der Waals surface area contributed by atoms with Gasteiger partial charge >= 0.3 is 0 Å². The fraction of sp³-hybridized carbons (Fsp3) is 0.333. The molecule has 1 aromatic carbocycles. The Labute approximate surface area is 137 Å². The lowest BCUT2D eigenvalue weighted by molar-refractivity contribution is 0.0947. The molecule has 1 aromatic heterocycles. The predicted molar refractivity (Wildman–Crippen MR) is 94.2 cm³/mol. The van der Waals surface area contributed by atoms with Crippen LogP contribution in [0.25, 0.3) is 0 Å². The van der Waals surface area contributed by atoms with Crippen molar-refractivity contribution >= 4 is 17.3 Å². The Kier molecular flexibility index (Phi) is 6.11. The fourth-order valence-electron chi connectivity index (χ4n) is 2.24. The number of hydrogen-bond donors (Lipinski definition) is 1. The number of pyridine rings is 1. The second kappa shape index (κ2) is 8.29. The molecule has 0 bridgehead atoms. The lowest BCUT2D eigenvalue weighted by atomic mass is 10.2. The molecule has 0 aliphatic heterocycles. The number of rotatable bonds is 7.